The van der Waals surface area contributed by atoms with Gasteiger partial charge in [0.2, 0.25) is 5.91 Å². The Kier molecular flexibility index (Phi) is 3.73. The molecule has 122 valence electrons. The zero-order valence-electron chi connectivity index (χ0n) is 13.2. The maximum absolute atomic E-state index is 12.3. The molecule has 1 saturated carbocycles. The molecule has 0 radical (unpaired) electrons. The Morgan fingerprint density at radius 3 is 3.04 bits per heavy atom. The fraction of sp³-hybridized carbons (Fsp3) is 0.529. The van der Waals surface area contributed by atoms with Gasteiger partial charge in [-0.3, -0.25) is 4.79 Å². The lowest BCUT2D eigenvalue weighted by Gasteiger charge is -2.23. The second-order valence-electron chi connectivity index (χ2n) is 6.60. The van der Waals surface area contributed by atoms with Crippen LogP contribution in [0.15, 0.2) is 21.9 Å². The molecule has 0 aromatic carbocycles. The third kappa shape index (κ3) is 2.93. The van der Waals surface area contributed by atoms with Crippen molar-refractivity contribution in [2.75, 3.05) is 13.1 Å². The van der Waals surface area contributed by atoms with Crippen LogP contribution in [-0.2, 0) is 11.3 Å². The lowest BCUT2D eigenvalue weighted by molar-refractivity contribution is -0.123. The molecule has 23 heavy (non-hydrogen) atoms. The van der Waals surface area contributed by atoms with Crippen molar-refractivity contribution < 1.29 is 9.21 Å². The highest BCUT2D eigenvalue weighted by atomic mass is 32.1. The molecule has 1 spiro atoms. The van der Waals surface area contributed by atoms with Crippen molar-refractivity contribution in [3.8, 4) is 11.5 Å². The number of hydrogen-bond acceptors (Lipinski definition) is 5. The number of piperidine rings is 1. The molecule has 2 aliphatic rings. The molecule has 1 unspecified atom stereocenters. The molecule has 1 saturated heterocycles. The first kappa shape index (κ1) is 14.9. The van der Waals surface area contributed by atoms with Crippen molar-refractivity contribution in [2.45, 2.75) is 32.7 Å². The molecule has 6 heteroatoms. The van der Waals surface area contributed by atoms with Crippen LogP contribution in [0.4, 0.5) is 0 Å². The zero-order chi connectivity index (χ0) is 15.9. The minimum Gasteiger partial charge on any atom is -0.458 e. The van der Waals surface area contributed by atoms with Gasteiger partial charge in [-0.05, 0) is 56.8 Å². The number of aromatic nitrogens is 1. The summed E-state index contributed by atoms with van der Waals surface area (Å²) in [6.07, 6.45) is 3.29. The lowest BCUT2D eigenvalue weighted by Crippen LogP contribution is -2.33. The van der Waals surface area contributed by atoms with Crippen LogP contribution in [0.1, 0.15) is 30.0 Å². The monoisotopic (exact) mass is 331 g/mol. The number of thiazole rings is 1. The summed E-state index contributed by atoms with van der Waals surface area (Å²) in [7, 11) is 0. The van der Waals surface area contributed by atoms with E-state index in [-0.39, 0.29) is 17.2 Å². The van der Waals surface area contributed by atoms with Crippen LogP contribution in [0, 0.1) is 18.3 Å². The second kappa shape index (κ2) is 5.76. The van der Waals surface area contributed by atoms with Gasteiger partial charge in [0.05, 0.1) is 11.6 Å². The predicted molar refractivity (Wildman–Crippen MR) is 89.0 cm³/mol. The van der Waals surface area contributed by atoms with Crippen molar-refractivity contribution >= 4 is 17.2 Å². The summed E-state index contributed by atoms with van der Waals surface area (Å²) in [5.41, 5.74) is 1.14. The number of aryl methyl sites for hydroxylation is 1. The number of hydrogen-bond donors (Lipinski definition) is 2. The smallest absolute Gasteiger partial charge is 0.224 e. The molecule has 2 N–H and O–H groups in total. The van der Waals surface area contributed by atoms with E-state index in [1.807, 2.05) is 24.4 Å². The first-order valence-electron chi connectivity index (χ1n) is 8.16. The third-order valence-corrected chi connectivity index (χ3v) is 5.85. The Bertz CT molecular complexity index is 715. The SMILES string of the molecule is Cc1nc(-c2ccc(CNC(=O)C3CC34CCNCC4)o2)cs1. The summed E-state index contributed by atoms with van der Waals surface area (Å²) in [5.74, 6) is 1.91. The van der Waals surface area contributed by atoms with E-state index in [1.54, 1.807) is 11.3 Å². The van der Waals surface area contributed by atoms with Crippen LogP contribution in [0.3, 0.4) is 0 Å². The largest absolute Gasteiger partial charge is 0.458 e. The standard InChI is InChI=1S/C17H21N3O2S/c1-11-20-14(10-23-11)15-3-2-12(22-15)9-19-16(21)13-8-17(13)4-6-18-7-5-17/h2-3,10,13,18H,4-9H2,1H3,(H,19,21). The first-order chi connectivity index (χ1) is 11.2. The van der Waals surface area contributed by atoms with E-state index in [1.165, 1.54) is 0 Å². The Morgan fingerprint density at radius 1 is 1.48 bits per heavy atom. The maximum atomic E-state index is 12.3. The average molecular weight is 331 g/mol. The molecule has 0 bridgehead atoms. The Hall–Kier alpha value is -1.66. The lowest BCUT2D eigenvalue weighted by atomic mass is 9.92. The average Bonchev–Trinajstić information content (AvgIpc) is 2.94. The van der Waals surface area contributed by atoms with E-state index in [9.17, 15) is 4.79 Å². The fourth-order valence-electron chi connectivity index (χ4n) is 3.58. The van der Waals surface area contributed by atoms with Gasteiger partial charge in [-0.15, -0.1) is 11.3 Å². The fourth-order valence-corrected chi connectivity index (χ4v) is 4.18. The minimum atomic E-state index is 0.175. The Morgan fingerprint density at radius 2 is 2.30 bits per heavy atom. The molecule has 1 amide bonds. The summed E-state index contributed by atoms with van der Waals surface area (Å²) in [6.45, 7) is 4.51. The number of rotatable bonds is 4. The van der Waals surface area contributed by atoms with Gasteiger partial charge in [0.1, 0.15) is 11.5 Å². The predicted octanol–water partition coefficient (Wildman–Crippen LogP) is 2.72. The van der Waals surface area contributed by atoms with Gasteiger partial charge in [0.25, 0.3) is 0 Å². The molecule has 2 fully saturated rings. The van der Waals surface area contributed by atoms with E-state index >= 15 is 0 Å². The highest BCUT2D eigenvalue weighted by Crippen LogP contribution is 2.58. The van der Waals surface area contributed by atoms with Gasteiger partial charge < -0.3 is 15.1 Å². The maximum Gasteiger partial charge on any atom is 0.224 e. The molecular formula is C17H21N3O2S. The van der Waals surface area contributed by atoms with Crippen molar-refractivity contribution in [1.29, 1.82) is 0 Å². The highest BCUT2D eigenvalue weighted by Gasteiger charge is 2.57. The van der Waals surface area contributed by atoms with Crippen molar-refractivity contribution in [1.82, 2.24) is 15.6 Å². The van der Waals surface area contributed by atoms with E-state index in [0.29, 0.717) is 6.54 Å². The van der Waals surface area contributed by atoms with Crippen LogP contribution in [0.25, 0.3) is 11.5 Å². The van der Waals surface area contributed by atoms with Crippen LogP contribution < -0.4 is 10.6 Å². The van der Waals surface area contributed by atoms with Crippen LogP contribution in [0.5, 0.6) is 0 Å². The van der Waals surface area contributed by atoms with E-state index in [0.717, 1.165) is 54.6 Å². The van der Waals surface area contributed by atoms with E-state index in [2.05, 4.69) is 15.6 Å². The topological polar surface area (TPSA) is 67.2 Å². The summed E-state index contributed by atoms with van der Waals surface area (Å²) >= 11 is 1.61. The third-order valence-electron chi connectivity index (χ3n) is 5.08. The Balaban J connectivity index is 1.33. The molecule has 1 aliphatic carbocycles. The van der Waals surface area contributed by atoms with Gasteiger partial charge in [-0.25, -0.2) is 4.98 Å². The highest BCUT2D eigenvalue weighted by molar-refractivity contribution is 7.09. The number of nitrogens with zero attached hydrogens (tertiary/aromatic N) is 1. The van der Waals surface area contributed by atoms with E-state index in [4.69, 9.17) is 4.42 Å². The number of furan rings is 1. The molecule has 2 aromatic rings. The summed E-state index contributed by atoms with van der Waals surface area (Å²) in [4.78, 5) is 16.8. The van der Waals surface area contributed by atoms with Crippen LogP contribution in [0.2, 0.25) is 0 Å². The molecule has 5 nitrogen and oxygen atoms in total. The summed E-state index contributed by atoms with van der Waals surface area (Å²) in [6, 6.07) is 3.83. The molecular weight excluding hydrogens is 310 g/mol. The zero-order valence-corrected chi connectivity index (χ0v) is 14.0. The van der Waals surface area contributed by atoms with Gasteiger partial charge in [0.15, 0.2) is 5.76 Å². The molecule has 1 atom stereocenters. The van der Waals surface area contributed by atoms with Gasteiger partial charge in [0, 0.05) is 11.3 Å². The van der Waals surface area contributed by atoms with E-state index < -0.39 is 0 Å². The van der Waals surface area contributed by atoms with Crippen LogP contribution >= 0.6 is 11.3 Å². The molecule has 4 rings (SSSR count). The second-order valence-corrected chi connectivity index (χ2v) is 7.67. The number of carbonyl (C=O) groups is 1. The molecule has 1 aliphatic heterocycles. The number of amides is 1. The quantitative estimate of drug-likeness (QED) is 0.904. The first-order valence-corrected chi connectivity index (χ1v) is 9.04. The number of nitrogens with one attached hydrogen (secondary N) is 2. The normalized spacial score (nSPS) is 22.2. The van der Waals surface area contributed by atoms with Gasteiger partial charge in [-0.1, -0.05) is 0 Å². The van der Waals surface area contributed by atoms with Crippen molar-refractivity contribution in [3.05, 3.63) is 28.3 Å². The van der Waals surface area contributed by atoms with Gasteiger partial charge in [-0.2, -0.15) is 0 Å². The summed E-state index contributed by atoms with van der Waals surface area (Å²) < 4.78 is 5.79. The van der Waals surface area contributed by atoms with Gasteiger partial charge >= 0.3 is 0 Å². The van der Waals surface area contributed by atoms with Crippen molar-refractivity contribution in [3.63, 3.8) is 0 Å². The van der Waals surface area contributed by atoms with Crippen LogP contribution in [-0.4, -0.2) is 24.0 Å². The minimum absolute atomic E-state index is 0.175. The number of carbonyl (C=O) groups excluding carboxylic acids is 1. The molecule has 2 aromatic heterocycles. The Labute approximate surface area is 139 Å². The molecule has 3 heterocycles. The van der Waals surface area contributed by atoms with Crippen molar-refractivity contribution in [2.24, 2.45) is 11.3 Å². The summed E-state index contributed by atoms with van der Waals surface area (Å²) in [5, 5.41) is 9.41.